The van der Waals surface area contributed by atoms with Gasteiger partial charge in [0, 0.05) is 22.3 Å². The highest BCUT2D eigenvalue weighted by Crippen LogP contribution is 2.37. The number of anilines is 2. The molecule has 3 heteroatoms. The molecule has 0 radical (unpaired) electrons. The zero-order chi connectivity index (χ0) is 15.0. The SMILES string of the molecule is CC(=O)c1cc(Br)ccc1N1CC(C)Cc2ccccc21. The molecule has 1 aliphatic heterocycles. The molecular formula is C18H18BrNO. The van der Waals surface area contributed by atoms with Crippen molar-refractivity contribution in [3.05, 3.63) is 58.1 Å². The Hall–Kier alpha value is -1.61. The second kappa shape index (κ2) is 5.64. The molecule has 0 spiro atoms. The normalized spacial score (nSPS) is 17.5. The van der Waals surface area contributed by atoms with E-state index in [4.69, 9.17) is 0 Å². The fourth-order valence-electron chi connectivity index (χ4n) is 3.05. The van der Waals surface area contributed by atoms with Crippen LogP contribution in [0.5, 0.6) is 0 Å². The van der Waals surface area contributed by atoms with Gasteiger partial charge >= 0.3 is 0 Å². The van der Waals surface area contributed by atoms with E-state index in [-0.39, 0.29) is 5.78 Å². The second-order valence-corrected chi connectivity index (χ2v) is 6.68. The lowest BCUT2D eigenvalue weighted by Crippen LogP contribution is -2.31. The average Bonchev–Trinajstić information content (AvgIpc) is 2.46. The van der Waals surface area contributed by atoms with E-state index in [1.165, 1.54) is 11.3 Å². The van der Waals surface area contributed by atoms with E-state index < -0.39 is 0 Å². The van der Waals surface area contributed by atoms with Gasteiger partial charge in [-0.2, -0.15) is 0 Å². The van der Waals surface area contributed by atoms with Crippen LogP contribution < -0.4 is 4.90 Å². The Morgan fingerprint density at radius 1 is 1.19 bits per heavy atom. The predicted molar refractivity (Wildman–Crippen MR) is 90.5 cm³/mol. The van der Waals surface area contributed by atoms with Crippen LogP contribution in [0.15, 0.2) is 46.9 Å². The maximum absolute atomic E-state index is 12.0. The van der Waals surface area contributed by atoms with Gasteiger partial charge in [-0.1, -0.05) is 41.1 Å². The van der Waals surface area contributed by atoms with Crippen LogP contribution in [0.1, 0.15) is 29.8 Å². The van der Waals surface area contributed by atoms with E-state index in [1.807, 2.05) is 18.2 Å². The fraction of sp³-hybridized carbons (Fsp3) is 0.278. The molecule has 0 aromatic heterocycles. The van der Waals surface area contributed by atoms with Crippen molar-refractivity contribution in [2.45, 2.75) is 20.3 Å². The van der Waals surface area contributed by atoms with Gasteiger partial charge in [-0.25, -0.2) is 0 Å². The summed E-state index contributed by atoms with van der Waals surface area (Å²) < 4.78 is 0.940. The average molecular weight is 344 g/mol. The molecule has 1 unspecified atom stereocenters. The van der Waals surface area contributed by atoms with Crippen LogP contribution >= 0.6 is 15.9 Å². The highest BCUT2D eigenvalue weighted by molar-refractivity contribution is 9.10. The molecule has 0 amide bonds. The molecule has 0 aliphatic carbocycles. The van der Waals surface area contributed by atoms with Gasteiger partial charge in [0.05, 0.1) is 5.69 Å². The molecule has 21 heavy (non-hydrogen) atoms. The minimum absolute atomic E-state index is 0.0991. The standard InChI is InChI=1S/C18H18BrNO/c1-12-9-14-5-3-4-6-17(14)20(11-12)18-8-7-15(19)10-16(18)13(2)21/h3-8,10,12H,9,11H2,1-2H3. The van der Waals surface area contributed by atoms with Crippen molar-refractivity contribution in [2.75, 3.05) is 11.4 Å². The van der Waals surface area contributed by atoms with Crippen LogP contribution in [0.3, 0.4) is 0 Å². The molecule has 1 heterocycles. The molecule has 2 aromatic carbocycles. The molecule has 0 N–H and O–H groups in total. The first-order chi connectivity index (χ1) is 10.1. The first-order valence-corrected chi connectivity index (χ1v) is 8.01. The van der Waals surface area contributed by atoms with Gasteiger partial charge in [0.1, 0.15) is 0 Å². The molecule has 0 saturated heterocycles. The second-order valence-electron chi connectivity index (χ2n) is 5.77. The first kappa shape index (κ1) is 14.3. The van der Waals surface area contributed by atoms with Crippen molar-refractivity contribution >= 4 is 33.1 Å². The third-order valence-corrected chi connectivity index (χ3v) is 4.47. The van der Waals surface area contributed by atoms with Crippen molar-refractivity contribution in [3.63, 3.8) is 0 Å². The molecule has 0 saturated carbocycles. The Kier molecular flexibility index (Phi) is 3.85. The number of ketones is 1. The minimum atomic E-state index is 0.0991. The van der Waals surface area contributed by atoms with Crippen LogP contribution in [0.25, 0.3) is 0 Å². The molecule has 2 aromatic rings. The molecule has 0 fully saturated rings. The van der Waals surface area contributed by atoms with Gasteiger partial charge in [0.25, 0.3) is 0 Å². The largest absolute Gasteiger partial charge is 0.340 e. The van der Waals surface area contributed by atoms with Crippen LogP contribution in [0.2, 0.25) is 0 Å². The van der Waals surface area contributed by atoms with E-state index >= 15 is 0 Å². The third-order valence-electron chi connectivity index (χ3n) is 3.97. The Morgan fingerprint density at radius 3 is 2.71 bits per heavy atom. The monoisotopic (exact) mass is 343 g/mol. The van der Waals surface area contributed by atoms with Gasteiger partial charge in [-0.05, 0) is 49.1 Å². The fourth-order valence-corrected chi connectivity index (χ4v) is 3.41. The lowest BCUT2D eigenvalue weighted by molar-refractivity contribution is 0.101. The van der Waals surface area contributed by atoms with Crippen molar-refractivity contribution in [1.29, 1.82) is 0 Å². The maximum Gasteiger partial charge on any atom is 0.161 e. The van der Waals surface area contributed by atoms with Gasteiger partial charge in [-0.3, -0.25) is 4.79 Å². The quantitative estimate of drug-likeness (QED) is 0.716. The van der Waals surface area contributed by atoms with Crippen LogP contribution in [-0.2, 0) is 6.42 Å². The van der Waals surface area contributed by atoms with Crippen LogP contribution in [0, 0.1) is 5.92 Å². The number of carbonyl (C=O) groups excluding carboxylic acids is 1. The molecule has 1 aliphatic rings. The zero-order valence-electron chi connectivity index (χ0n) is 12.3. The van der Waals surface area contributed by atoms with E-state index in [0.717, 1.165) is 28.7 Å². The number of nitrogens with zero attached hydrogens (tertiary/aromatic N) is 1. The summed E-state index contributed by atoms with van der Waals surface area (Å²) in [5, 5.41) is 0. The Morgan fingerprint density at radius 2 is 1.95 bits per heavy atom. The Balaban J connectivity index is 2.15. The number of halogens is 1. The summed E-state index contributed by atoms with van der Waals surface area (Å²) in [6.07, 6.45) is 1.10. The molecule has 1 atom stereocenters. The third kappa shape index (κ3) is 2.75. The van der Waals surface area contributed by atoms with E-state index in [1.54, 1.807) is 6.92 Å². The van der Waals surface area contributed by atoms with Gasteiger partial charge < -0.3 is 4.90 Å². The van der Waals surface area contributed by atoms with Gasteiger partial charge in [0.2, 0.25) is 0 Å². The number of hydrogen-bond donors (Lipinski definition) is 0. The summed E-state index contributed by atoms with van der Waals surface area (Å²) in [5.41, 5.74) is 4.35. The summed E-state index contributed by atoms with van der Waals surface area (Å²) in [5.74, 6) is 0.672. The lowest BCUT2D eigenvalue weighted by Gasteiger charge is -2.35. The smallest absolute Gasteiger partial charge is 0.161 e. The van der Waals surface area contributed by atoms with Crippen molar-refractivity contribution in [2.24, 2.45) is 5.92 Å². The van der Waals surface area contributed by atoms with E-state index in [0.29, 0.717) is 5.92 Å². The highest BCUT2D eigenvalue weighted by atomic mass is 79.9. The summed E-state index contributed by atoms with van der Waals surface area (Å²) >= 11 is 3.46. The minimum Gasteiger partial charge on any atom is -0.340 e. The molecule has 2 nitrogen and oxygen atoms in total. The summed E-state index contributed by atoms with van der Waals surface area (Å²) in [7, 11) is 0. The number of benzene rings is 2. The summed E-state index contributed by atoms with van der Waals surface area (Å²) in [6.45, 7) is 4.83. The number of Topliss-reactive ketones (excluding diaryl/α,β-unsaturated/α-hetero) is 1. The first-order valence-electron chi connectivity index (χ1n) is 7.22. The molecule has 3 rings (SSSR count). The predicted octanol–water partition coefficient (Wildman–Crippen LogP) is 4.98. The maximum atomic E-state index is 12.0. The highest BCUT2D eigenvalue weighted by Gasteiger charge is 2.25. The van der Waals surface area contributed by atoms with Crippen molar-refractivity contribution in [1.82, 2.24) is 0 Å². The number of para-hydroxylation sites is 1. The number of hydrogen-bond acceptors (Lipinski definition) is 2. The van der Waals surface area contributed by atoms with E-state index in [2.05, 4.69) is 52.0 Å². The Bertz CT molecular complexity index is 695. The summed E-state index contributed by atoms with van der Waals surface area (Å²) in [4.78, 5) is 14.3. The van der Waals surface area contributed by atoms with Gasteiger partial charge in [0.15, 0.2) is 5.78 Å². The number of carbonyl (C=O) groups is 1. The van der Waals surface area contributed by atoms with Crippen molar-refractivity contribution in [3.8, 4) is 0 Å². The lowest BCUT2D eigenvalue weighted by atomic mass is 9.92. The summed E-state index contributed by atoms with van der Waals surface area (Å²) in [6, 6.07) is 14.4. The molecular weight excluding hydrogens is 326 g/mol. The molecule has 0 bridgehead atoms. The zero-order valence-corrected chi connectivity index (χ0v) is 13.9. The topological polar surface area (TPSA) is 20.3 Å². The Labute approximate surface area is 133 Å². The van der Waals surface area contributed by atoms with E-state index in [9.17, 15) is 4.79 Å². The number of rotatable bonds is 2. The van der Waals surface area contributed by atoms with Crippen LogP contribution in [-0.4, -0.2) is 12.3 Å². The van der Waals surface area contributed by atoms with Crippen LogP contribution in [0.4, 0.5) is 11.4 Å². The molecule has 108 valence electrons. The van der Waals surface area contributed by atoms with Gasteiger partial charge in [-0.15, -0.1) is 0 Å². The van der Waals surface area contributed by atoms with Crippen molar-refractivity contribution < 1.29 is 4.79 Å². The number of fused-ring (bicyclic) bond motifs is 1.